The monoisotopic (exact) mass is 302 g/mol. The highest BCUT2D eigenvalue weighted by atomic mass is 32.2. The highest BCUT2D eigenvalue weighted by molar-refractivity contribution is 7.99. The van der Waals surface area contributed by atoms with E-state index in [0.29, 0.717) is 12.0 Å². The van der Waals surface area contributed by atoms with Gasteiger partial charge in [-0.05, 0) is 49.7 Å². The average molecular weight is 302 g/mol. The summed E-state index contributed by atoms with van der Waals surface area (Å²) in [6.07, 6.45) is 4.13. The summed E-state index contributed by atoms with van der Waals surface area (Å²) in [4.78, 5) is 5.55. The van der Waals surface area contributed by atoms with Gasteiger partial charge in [0.15, 0.2) is 0 Å². The van der Waals surface area contributed by atoms with Crippen LogP contribution in [-0.4, -0.2) is 23.8 Å². The molecule has 2 aromatic rings. The zero-order valence-corrected chi connectivity index (χ0v) is 12.9. The van der Waals surface area contributed by atoms with Crippen LogP contribution >= 0.6 is 11.8 Å². The van der Waals surface area contributed by atoms with Crippen LogP contribution in [0.1, 0.15) is 23.6 Å². The van der Waals surface area contributed by atoms with Crippen molar-refractivity contribution in [2.75, 3.05) is 12.8 Å². The van der Waals surface area contributed by atoms with Crippen molar-refractivity contribution in [1.82, 2.24) is 10.3 Å². The standard InChI is InChI=1S/C17H19FN2S/c1-19-16(11-21-14-6-2-5-13(18)10-14)15-8-7-12-4-3-9-20-17(12)15/h2-6,9-10,15-16,19H,7-8,11H2,1H3. The Hall–Kier alpha value is -1.39. The van der Waals surface area contributed by atoms with Gasteiger partial charge in [0.2, 0.25) is 0 Å². The molecule has 0 bridgehead atoms. The summed E-state index contributed by atoms with van der Waals surface area (Å²) in [5.74, 6) is 1.20. The summed E-state index contributed by atoms with van der Waals surface area (Å²) in [5, 5.41) is 3.42. The summed E-state index contributed by atoms with van der Waals surface area (Å²) in [6.45, 7) is 0. The van der Waals surface area contributed by atoms with E-state index in [0.717, 1.165) is 23.5 Å². The number of thioether (sulfide) groups is 1. The molecular weight excluding hydrogens is 283 g/mol. The number of fused-ring (bicyclic) bond motifs is 1. The predicted octanol–water partition coefficient (Wildman–Crippen LogP) is 3.63. The van der Waals surface area contributed by atoms with Gasteiger partial charge in [0, 0.05) is 34.5 Å². The maximum atomic E-state index is 13.2. The lowest BCUT2D eigenvalue weighted by molar-refractivity contribution is 0.491. The largest absolute Gasteiger partial charge is 0.315 e. The molecule has 0 aliphatic heterocycles. The second-order valence-electron chi connectivity index (χ2n) is 5.36. The van der Waals surface area contributed by atoms with Crippen molar-refractivity contribution < 1.29 is 4.39 Å². The molecule has 2 unspecified atom stereocenters. The van der Waals surface area contributed by atoms with Crippen molar-refractivity contribution in [1.29, 1.82) is 0 Å². The van der Waals surface area contributed by atoms with Crippen LogP contribution in [0.4, 0.5) is 4.39 Å². The molecule has 2 atom stereocenters. The number of nitrogens with zero attached hydrogens (tertiary/aromatic N) is 1. The lowest BCUT2D eigenvalue weighted by atomic mass is 9.98. The Kier molecular flexibility index (Phi) is 4.56. The Labute approximate surface area is 129 Å². The average Bonchev–Trinajstić information content (AvgIpc) is 2.92. The van der Waals surface area contributed by atoms with Gasteiger partial charge in [0.05, 0.1) is 0 Å². The minimum atomic E-state index is -0.172. The van der Waals surface area contributed by atoms with E-state index in [9.17, 15) is 4.39 Å². The van der Waals surface area contributed by atoms with E-state index in [2.05, 4.69) is 16.4 Å². The number of aromatic nitrogens is 1. The molecule has 0 saturated carbocycles. The van der Waals surface area contributed by atoms with Gasteiger partial charge >= 0.3 is 0 Å². The minimum Gasteiger partial charge on any atom is -0.315 e. The van der Waals surface area contributed by atoms with Crippen molar-refractivity contribution in [2.45, 2.75) is 29.7 Å². The number of halogens is 1. The third-order valence-corrected chi connectivity index (χ3v) is 5.20. The molecule has 1 heterocycles. The van der Waals surface area contributed by atoms with Gasteiger partial charge < -0.3 is 5.32 Å². The lowest BCUT2D eigenvalue weighted by Gasteiger charge is -2.23. The molecule has 1 N–H and O–H groups in total. The van der Waals surface area contributed by atoms with Gasteiger partial charge in [0.25, 0.3) is 0 Å². The normalized spacial score (nSPS) is 18.5. The summed E-state index contributed by atoms with van der Waals surface area (Å²) >= 11 is 1.70. The topological polar surface area (TPSA) is 24.9 Å². The Morgan fingerprint density at radius 2 is 2.29 bits per heavy atom. The first-order chi connectivity index (χ1) is 10.3. The fraction of sp³-hybridized carbons (Fsp3) is 0.353. The quantitative estimate of drug-likeness (QED) is 0.854. The van der Waals surface area contributed by atoms with Crippen LogP contribution in [0.3, 0.4) is 0 Å². The molecule has 1 aromatic heterocycles. The van der Waals surface area contributed by atoms with Gasteiger partial charge in [-0.15, -0.1) is 11.8 Å². The highest BCUT2D eigenvalue weighted by Crippen LogP contribution is 2.35. The highest BCUT2D eigenvalue weighted by Gasteiger charge is 2.30. The van der Waals surface area contributed by atoms with E-state index < -0.39 is 0 Å². The van der Waals surface area contributed by atoms with Gasteiger partial charge in [-0.1, -0.05) is 12.1 Å². The first-order valence-corrected chi connectivity index (χ1v) is 8.26. The number of pyridine rings is 1. The van der Waals surface area contributed by atoms with Crippen molar-refractivity contribution >= 4 is 11.8 Å². The number of aryl methyl sites for hydroxylation is 1. The molecule has 21 heavy (non-hydrogen) atoms. The summed E-state index contributed by atoms with van der Waals surface area (Å²) in [7, 11) is 2.00. The molecule has 1 aliphatic rings. The number of benzene rings is 1. The van der Waals surface area contributed by atoms with Crippen molar-refractivity contribution in [2.24, 2.45) is 0 Å². The lowest BCUT2D eigenvalue weighted by Crippen LogP contribution is -2.33. The smallest absolute Gasteiger partial charge is 0.124 e. The van der Waals surface area contributed by atoms with Crippen LogP contribution in [0, 0.1) is 5.82 Å². The van der Waals surface area contributed by atoms with Crippen LogP contribution in [0.2, 0.25) is 0 Å². The van der Waals surface area contributed by atoms with E-state index in [1.165, 1.54) is 17.3 Å². The van der Waals surface area contributed by atoms with Crippen LogP contribution < -0.4 is 5.32 Å². The van der Waals surface area contributed by atoms with E-state index >= 15 is 0 Å². The molecule has 3 rings (SSSR count). The number of rotatable bonds is 5. The molecule has 0 amide bonds. The van der Waals surface area contributed by atoms with Crippen LogP contribution in [0.15, 0.2) is 47.5 Å². The fourth-order valence-electron chi connectivity index (χ4n) is 2.98. The van der Waals surface area contributed by atoms with E-state index in [1.807, 2.05) is 25.4 Å². The first-order valence-electron chi connectivity index (χ1n) is 7.27. The Morgan fingerprint density at radius 3 is 3.10 bits per heavy atom. The Balaban J connectivity index is 1.69. The first kappa shape index (κ1) is 14.5. The zero-order valence-electron chi connectivity index (χ0n) is 12.1. The predicted molar refractivity (Wildman–Crippen MR) is 85.3 cm³/mol. The summed E-state index contributed by atoms with van der Waals surface area (Å²) in [6, 6.07) is 11.3. The Morgan fingerprint density at radius 1 is 1.38 bits per heavy atom. The zero-order chi connectivity index (χ0) is 14.7. The second-order valence-corrected chi connectivity index (χ2v) is 6.45. The van der Waals surface area contributed by atoms with Crippen molar-refractivity contribution in [3.63, 3.8) is 0 Å². The SMILES string of the molecule is CNC(CSc1cccc(F)c1)C1CCc2cccnc21. The van der Waals surface area contributed by atoms with E-state index in [4.69, 9.17) is 0 Å². The molecule has 110 valence electrons. The fourth-order valence-corrected chi connectivity index (χ4v) is 4.12. The molecule has 0 radical (unpaired) electrons. The molecule has 2 nitrogen and oxygen atoms in total. The molecule has 0 spiro atoms. The van der Waals surface area contributed by atoms with E-state index in [-0.39, 0.29) is 5.82 Å². The van der Waals surface area contributed by atoms with E-state index in [1.54, 1.807) is 23.9 Å². The molecule has 1 aliphatic carbocycles. The molecule has 1 aromatic carbocycles. The molecule has 0 fully saturated rings. The summed E-state index contributed by atoms with van der Waals surface area (Å²) < 4.78 is 13.2. The maximum Gasteiger partial charge on any atom is 0.124 e. The van der Waals surface area contributed by atoms with Crippen molar-refractivity contribution in [3.8, 4) is 0 Å². The number of likely N-dealkylation sites (N-methyl/N-ethyl adjacent to an activating group) is 1. The summed E-state index contributed by atoms with van der Waals surface area (Å²) in [5.41, 5.74) is 2.61. The van der Waals surface area contributed by atoms with Gasteiger partial charge in [-0.2, -0.15) is 0 Å². The third kappa shape index (κ3) is 3.27. The minimum absolute atomic E-state index is 0.172. The van der Waals surface area contributed by atoms with Gasteiger partial charge in [-0.3, -0.25) is 4.98 Å². The number of nitrogens with one attached hydrogen (secondary N) is 1. The third-order valence-electron chi connectivity index (χ3n) is 4.08. The van der Waals surface area contributed by atoms with Gasteiger partial charge in [-0.25, -0.2) is 4.39 Å². The molecule has 0 saturated heterocycles. The molecular formula is C17H19FN2S. The Bertz CT molecular complexity index is 617. The number of hydrogen-bond donors (Lipinski definition) is 1. The van der Waals surface area contributed by atoms with Crippen LogP contribution in [0.25, 0.3) is 0 Å². The van der Waals surface area contributed by atoms with Gasteiger partial charge in [0.1, 0.15) is 5.82 Å². The second kappa shape index (κ2) is 6.58. The van der Waals surface area contributed by atoms with Crippen LogP contribution in [-0.2, 0) is 6.42 Å². The van der Waals surface area contributed by atoms with Crippen LogP contribution in [0.5, 0.6) is 0 Å². The number of hydrogen-bond acceptors (Lipinski definition) is 3. The van der Waals surface area contributed by atoms with Crippen molar-refractivity contribution in [3.05, 3.63) is 59.7 Å². The maximum absolute atomic E-state index is 13.2. The molecule has 4 heteroatoms.